The third-order valence-corrected chi connectivity index (χ3v) is 5.65. The van der Waals surface area contributed by atoms with Crippen LogP contribution in [0, 0.1) is 20.8 Å². The standard InChI is InChI=1S/C28H39N3O4/c1-17(2)31(26(33)21(6)29-27(34)35-28(7,8)9)24(22-16-11-10-13-18(22)3)25(32)30-23-19(4)14-12-15-20(23)5/h10-17,21,24H,1-9H3,(H,29,34)(H,30,32). The van der Waals surface area contributed by atoms with Crippen molar-refractivity contribution in [2.24, 2.45) is 0 Å². The van der Waals surface area contributed by atoms with Gasteiger partial charge < -0.3 is 20.3 Å². The van der Waals surface area contributed by atoms with Gasteiger partial charge in [-0.2, -0.15) is 0 Å². The molecule has 2 N–H and O–H groups in total. The van der Waals surface area contributed by atoms with Crippen LogP contribution in [0.5, 0.6) is 0 Å². The minimum Gasteiger partial charge on any atom is -0.444 e. The van der Waals surface area contributed by atoms with Crippen LogP contribution < -0.4 is 10.6 Å². The Kier molecular flexibility index (Phi) is 9.07. The van der Waals surface area contributed by atoms with Crippen LogP contribution in [0.2, 0.25) is 0 Å². The summed E-state index contributed by atoms with van der Waals surface area (Å²) in [6, 6.07) is 11.2. The molecule has 7 nitrogen and oxygen atoms in total. The lowest BCUT2D eigenvalue weighted by Gasteiger charge is -2.37. The summed E-state index contributed by atoms with van der Waals surface area (Å²) in [4.78, 5) is 41.4. The molecule has 0 aliphatic carbocycles. The molecule has 0 spiro atoms. The molecule has 2 rings (SSSR count). The van der Waals surface area contributed by atoms with E-state index in [0.29, 0.717) is 0 Å². The number of anilines is 1. The maximum absolute atomic E-state index is 13.8. The zero-order valence-corrected chi connectivity index (χ0v) is 22.4. The first kappa shape index (κ1) is 27.9. The quantitative estimate of drug-likeness (QED) is 0.551. The highest BCUT2D eigenvalue weighted by Crippen LogP contribution is 2.30. The van der Waals surface area contributed by atoms with Gasteiger partial charge in [-0.15, -0.1) is 0 Å². The van der Waals surface area contributed by atoms with E-state index in [1.807, 2.05) is 77.1 Å². The summed E-state index contributed by atoms with van der Waals surface area (Å²) >= 11 is 0. The van der Waals surface area contributed by atoms with Crippen LogP contribution in [0.4, 0.5) is 10.5 Å². The van der Waals surface area contributed by atoms with E-state index in [2.05, 4.69) is 10.6 Å². The van der Waals surface area contributed by atoms with Gasteiger partial charge in [0.25, 0.3) is 5.91 Å². The van der Waals surface area contributed by atoms with Gasteiger partial charge in [-0.1, -0.05) is 42.5 Å². The molecule has 7 heteroatoms. The Morgan fingerprint density at radius 2 is 1.40 bits per heavy atom. The summed E-state index contributed by atoms with van der Waals surface area (Å²) in [6.45, 7) is 16.4. The number of carbonyl (C=O) groups is 3. The number of rotatable bonds is 7. The van der Waals surface area contributed by atoms with Crippen LogP contribution in [0.15, 0.2) is 42.5 Å². The molecule has 190 valence electrons. The smallest absolute Gasteiger partial charge is 0.408 e. The molecule has 2 aromatic carbocycles. The second-order valence-electron chi connectivity index (χ2n) is 10.2. The molecule has 35 heavy (non-hydrogen) atoms. The number of nitrogens with one attached hydrogen (secondary N) is 2. The molecule has 0 saturated heterocycles. The number of hydrogen-bond acceptors (Lipinski definition) is 4. The van der Waals surface area contributed by atoms with Gasteiger partial charge in [0.05, 0.1) is 0 Å². The van der Waals surface area contributed by atoms with Gasteiger partial charge in [0.15, 0.2) is 0 Å². The molecule has 0 heterocycles. The van der Waals surface area contributed by atoms with E-state index in [4.69, 9.17) is 4.74 Å². The number of benzene rings is 2. The van der Waals surface area contributed by atoms with Crippen LogP contribution >= 0.6 is 0 Å². The molecule has 2 aromatic rings. The van der Waals surface area contributed by atoms with Crippen molar-refractivity contribution >= 4 is 23.6 Å². The van der Waals surface area contributed by atoms with Gasteiger partial charge in [-0.3, -0.25) is 9.59 Å². The van der Waals surface area contributed by atoms with Crippen molar-refractivity contribution in [2.75, 3.05) is 5.32 Å². The van der Waals surface area contributed by atoms with Gasteiger partial charge in [0.1, 0.15) is 17.7 Å². The average Bonchev–Trinajstić information content (AvgIpc) is 2.73. The second-order valence-corrected chi connectivity index (χ2v) is 10.2. The normalized spacial score (nSPS) is 13.1. The minimum absolute atomic E-state index is 0.316. The maximum atomic E-state index is 13.8. The van der Waals surface area contributed by atoms with E-state index in [1.54, 1.807) is 27.7 Å². The summed E-state index contributed by atoms with van der Waals surface area (Å²) in [5, 5.41) is 5.68. The third kappa shape index (κ3) is 7.31. The first-order valence-corrected chi connectivity index (χ1v) is 12.0. The molecule has 0 aliphatic heterocycles. The number of hydrogen-bond donors (Lipinski definition) is 2. The Morgan fingerprint density at radius 1 is 0.857 bits per heavy atom. The minimum atomic E-state index is -0.898. The van der Waals surface area contributed by atoms with E-state index >= 15 is 0 Å². The zero-order chi connectivity index (χ0) is 26.5. The number of ether oxygens (including phenoxy) is 1. The van der Waals surface area contributed by atoms with Crippen LogP contribution in [-0.2, 0) is 14.3 Å². The highest BCUT2D eigenvalue weighted by Gasteiger charge is 2.37. The van der Waals surface area contributed by atoms with Crippen LogP contribution in [0.25, 0.3) is 0 Å². The van der Waals surface area contributed by atoms with Crippen LogP contribution in [0.3, 0.4) is 0 Å². The van der Waals surface area contributed by atoms with E-state index < -0.39 is 23.8 Å². The number of amides is 3. The average molecular weight is 482 g/mol. The summed E-state index contributed by atoms with van der Waals surface area (Å²) in [5.41, 5.74) is 3.52. The Bertz CT molecular complexity index is 1050. The Labute approximate surface area is 209 Å². The number of aryl methyl sites for hydroxylation is 3. The van der Waals surface area contributed by atoms with Crippen molar-refractivity contribution in [1.82, 2.24) is 10.2 Å². The predicted molar refractivity (Wildman–Crippen MR) is 139 cm³/mol. The molecule has 3 amide bonds. The van der Waals surface area contributed by atoms with Gasteiger partial charge >= 0.3 is 6.09 Å². The van der Waals surface area contributed by atoms with Crippen LogP contribution in [0.1, 0.15) is 69.8 Å². The third-order valence-electron chi connectivity index (χ3n) is 5.65. The number of para-hydroxylation sites is 1. The monoisotopic (exact) mass is 481 g/mol. The largest absolute Gasteiger partial charge is 0.444 e. The first-order chi connectivity index (χ1) is 16.2. The molecule has 0 fully saturated rings. The van der Waals surface area contributed by atoms with E-state index in [9.17, 15) is 14.4 Å². The fourth-order valence-corrected chi connectivity index (χ4v) is 3.96. The lowest BCUT2D eigenvalue weighted by Crippen LogP contribution is -2.53. The second kappa shape index (κ2) is 11.4. The topological polar surface area (TPSA) is 87.7 Å². The highest BCUT2D eigenvalue weighted by molar-refractivity contribution is 6.00. The van der Waals surface area contributed by atoms with Crippen molar-refractivity contribution < 1.29 is 19.1 Å². The summed E-state index contributed by atoms with van der Waals surface area (Å²) in [7, 11) is 0. The number of nitrogens with zero attached hydrogens (tertiary/aromatic N) is 1. The molecule has 2 unspecified atom stereocenters. The fourth-order valence-electron chi connectivity index (χ4n) is 3.96. The summed E-state index contributed by atoms with van der Waals surface area (Å²) in [5.74, 6) is -0.695. The van der Waals surface area contributed by atoms with Gasteiger partial charge in [0.2, 0.25) is 5.91 Å². The van der Waals surface area contributed by atoms with Gasteiger partial charge in [-0.25, -0.2) is 4.79 Å². The van der Waals surface area contributed by atoms with E-state index in [-0.39, 0.29) is 17.9 Å². The highest BCUT2D eigenvalue weighted by atomic mass is 16.6. The lowest BCUT2D eigenvalue weighted by atomic mass is 9.96. The molecular weight excluding hydrogens is 442 g/mol. The fraction of sp³-hybridized carbons (Fsp3) is 0.464. The van der Waals surface area contributed by atoms with Crippen molar-refractivity contribution in [3.8, 4) is 0 Å². The Morgan fingerprint density at radius 3 is 1.91 bits per heavy atom. The number of carbonyl (C=O) groups excluding carboxylic acids is 3. The Hall–Kier alpha value is -3.35. The van der Waals surface area contributed by atoms with E-state index in [1.165, 1.54) is 4.90 Å². The molecule has 2 atom stereocenters. The molecule has 0 aromatic heterocycles. The molecule has 0 radical (unpaired) electrons. The zero-order valence-electron chi connectivity index (χ0n) is 22.4. The Balaban J connectivity index is 2.47. The number of alkyl carbamates (subject to hydrolysis) is 1. The molecule has 0 saturated carbocycles. The summed E-state index contributed by atoms with van der Waals surface area (Å²) in [6.07, 6.45) is -0.686. The predicted octanol–water partition coefficient (Wildman–Crippen LogP) is 5.44. The van der Waals surface area contributed by atoms with Crippen molar-refractivity contribution in [1.29, 1.82) is 0 Å². The molecule has 0 bridgehead atoms. The van der Waals surface area contributed by atoms with Gasteiger partial charge in [-0.05, 0) is 84.6 Å². The SMILES string of the molecule is Cc1ccccc1C(C(=O)Nc1c(C)cccc1C)N(C(=O)C(C)NC(=O)OC(C)(C)C)C(C)C. The lowest BCUT2D eigenvalue weighted by molar-refractivity contribution is -0.142. The van der Waals surface area contributed by atoms with Crippen molar-refractivity contribution in [3.05, 3.63) is 64.7 Å². The van der Waals surface area contributed by atoms with Crippen LogP contribution in [-0.4, -0.2) is 40.5 Å². The molecular formula is C28H39N3O4. The maximum Gasteiger partial charge on any atom is 0.408 e. The molecule has 0 aliphatic rings. The van der Waals surface area contributed by atoms with Crippen molar-refractivity contribution in [3.63, 3.8) is 0 Å². The van der Waals surface area contributed by atoms with Crippen molar-refractivity contribution in [2.45, 2.75) is 86.0 Å². The van der Waals surface area contributed by atoms with E-state index in [0.717, 1.165) is 27.9 Å². The first-order valence-electron chi connectivity index (χ1n) is 12.0. The summed E-state index contributed by atoms with van der Waals surface area (Å²) < 4.78 is 5.32. The van der Waals surface area contributed by atoms with Gasteiger partial charge in [0, 0.05) is 11.7 Å².